The number of aromatic nitrogens is 2. The molecule has 1 atom stereocenters. The number of halogens is 1. The number of carbonyl (C=O) groups is 1. The summed E-state index contributed by atoms with van der Waals surface area (Å²) in [7, 11) is 0. The maximum absolute atomic E-state index is 13.2. The molecule has 5 nitrogen and oxygen atoms in total. The molecule has 0 bridgehead atoms. The minimum absolute atomic E-state index is 0.0000447. The van der Waals surface area contributed by atoms with Crippen LogP contribution in [0.2, 0.25) is 5.02 Å². The van der Waals surface area contributed by atoms with Crippen LogP contribution in [0.5, 0.6) is 5.75 Å². The number of amides is 1. The Kier molecular flexibility index (Phi) is 5.58. The van der Waals surface area contributed by atoms with Crippen LogP contribution in [-0.4, -0.2) is 34.2 Å². The fourth-order valence-electron chi connectivity index (χ4n) is 3.84. The lowest BCUT2D eigenvalue weighted by molar-refractivity contribution is 0.0741. The lowest BCUT2D eigenvalue weighted by Gasteiger charge is -2.26. The molecule has 1 unspecified atom stereocenters. The summed E-state index contributed by atoms with van der Waals surface area (Å²) >= 11 is 6.06. The van der Waals surface area contributed by atoms with Gasteiger partial charge in [0.25, 0.3) is 5.91 Å². The van der Waals surface area contributed by atoms with Gasteiger partial charge in [0.1, 0.15) is 11.4 Å². The molecule has 29 heavy (non-hydrogen) atoms. The van der Waals surface area contributed by atoms with Crippen molar-refractivity contribution in [3.8, 4) is 17.0 Å². The van der Waals surface area contributed by atoms with Crippen molar-refractivity contribution >= 4 is 17.5 Å². The Hall–Kier alpha value is -2.79. The van der Waals surface area contributed by atoms with Crippen LogP contribution in [0.25, 0.3) is 11.3 Å². The molecule has 1 aromatic heterocycles. The fourth-order valence-corrected chi connectivity index (χ4v) is 3.97. The molecule has 2 aromatic carbocycles. The van der Waals surface area contributed by atoms with Crippen molar-refractivity contribution in [3.05, 3.63) is 70.4 Å². The molecule has 0 saturated carbocycles. The first-order chi connectivity index (χ1) is 14.1. The van der Waals surface area contributed by atoms with E-state index in [1.807, 2.05) is 60.4 Å². The first kappa shape index (κ1) is 19.5. The summed E-state index contributed by atoms with van der Waals surface area (Å²) in [5.74, 6) is 0.825. The summed E-state index contributed by atoms with van der Waals surface area (Å²) < 4.78 is 5.58. The monoisotopic (exact) mass is 409 g/mol. The van der Waals surface area contributed by atoms with E-state index >= 15 is 0 Å². The average Bonchev–Trinajstić information content (AvgIpc) is 3.27. The molecule has 6 heteroatoms. The average molecular weight is 410 g/mol. The molecule has 4 rings (SSSR count). The van der Waals surface area contributed by atoms with Crippen LogP contribution in [0, 0.1) is 0 Å². The van der Waals surface area contributed by atoms with Crippen molar-refractivity contribution < 1.29 is 9.53 Å². The van der Waals surface area contributed by atoms with Crippen molar-refractivity contribution in [1.29, 1.82) is 0 Å². The molecule has 1 aliphatic heterocycles. The van der Waals surface area contributed by atoms with E-state index in [4.69, 9.17) is 16.3 Å². The molecule has 150 valence electrons. The van der Waals surface area contributed by atoms with Gasteiger partial charge in [0.2, 0.25) is 0 Å². The van der Waals surface area contributed by atoms with Crippen LogP contribution in [0.4, 0.5) is 0 Å². The molecule has 0 spiro atoms. The molecular formula is C23H24ClN3O2. The molecule has 0 aliphatic carbocycles. The Morgan fingerprint density at radius 1 is 1.10 bits per heavy atom. The number of rotatable bonds is 7. The second kappa shape index (κ2) is 8.29. The van der Waals surface area contributed by atoms with E-state index in [-0.39, 0.29) is 11.9 Å². The van der Waals surface area contributed by atoms with Gasteiger partial charge in [0.15, 0.2) is 0 Å². The van der Waals surface area contributed by atoms with Crippen LogP contribution in [0.15, 0.2) is 48.5 Å². The van der Waals surface area contributed by atoms with E-state index in [0.29, 0.717) is 23.9 Å². The summed E-state index contributed by atoms with van der Waals surface area (Å²) in [6.07, 6.45) is 1.98. The molecule has 3 aromatic rings. The smallest absolute Gasteiger partial charge is 0.273 e. The number of benzene rings is 2. The standard InChI is InChI=1S/C23H24ClN3O2/c1-3-5-14-27-22(16-8-12-18(13-9-16)29-4-2)19-20(25-26-21(19)23(27)28)15-6-10-17(24)11-7-15/h6-13,22H,3-5,14H2,1-2H3,(H,25,26). The lowest BCUT2D eigenvalue weighted by atomic mass is 9.96. The summed E-state index contributed by atoms with van der Waals surface area (Å²) in [5, 5.41) is 8.14. The number of H-pyrrole nitrogens is 1. The highest BCUT2D eigenvalue weighted by atomic mass is 35.5. The number of unbranched alkanes of at least 4 members (excludes halogenated alkanes) is 1. The number of carbonyl (C=O) groups excluding carboxylic acids is 1. The lowest BCUT2D eigenvalue weighted by Crippen LogP contribution is -2.30. The second-order valence-corrected chi connectivity index (χ2v) is 7.56. The molecule has 1 amide bonds. The van der Waals surface area contributed by atoms with Crippen molar-refractivity contribution in [2.45, 2.75) is 32.7 Å². The number of ether oxygens (including phenoxy) is 1. The van der Waals surface area contributed by atoms with Gasteiger partial charge in [-0.25, -0.2) is 0 Å². The highest BCUT2D eigenvalue weighted by Gasteiger charge is 2.41. The number of fused-ring (bicyclic) bond motifs is 1. The van der Waals surface area contributed by atoms with Gasteiger partial charge in [0, 0.05) is 22.7 Å². The third kappa shape index (κ3) is 3.62. The van der Waals surface area contributed by atoms with E-state index in [1.54, 1.807) is 0 Å². The minimum atomic E-state index is -0.177. The Bertz CT molecular complexity index is 996. The quantitative estimate of drug-likeness (QED) is 0.562. The van der Waals surface area contributed by atoms with Crippen molar-refractivity contribution in [3.63, 3.8) is 0 Å². The summed E-state index contributed by atoms with van der Waals surface area (Å²) in [5.41, 5.74) is 4.28. The van der Waals surface area contributed by atoms with Gasteiger partial charge >= 0.3 is 0 Å². The predicted molar refractivity (Wildman–Crippen MR) is 114 cm³/mol. The van der Waals surface area contributed by atoms with Gasteiger partial charge in [-0.05, 0) is 43.2 Å². The molecule has 0 radical (unpaired) electrons. The van der Waals surface area contributed by atoms with E-state index in [0.717, 1.165) is 41.0 Å². The Labute approximate surface area is 175 Å². The number of nitrogens with one attached hydrogen (secondary N) is 1. The first-order valence-electron chi connectivity index (χ1n) is 10.0. The zero-order valence-electron chi connectivity index (χ0n) is 16.6. The van der Waals surface area contributed by atoms with E-state index < -0.39 is 0 Å². The molecule has 0 fully saturated rings. The molecular weight excluding hydrogens is 386 g/mol. The molecule has 1 N–H and O–H groups in total. The van der Waals surface area contributed by atoms with E-state index in [9.17, 15) is 4.79 Å². The summed E-state index contributed by atoms with van der Waals surface area (Å²) in [4.78, 5) is 15.1. The van der Waals surface area contributed by atoms with Crippen LogP contribution in [0.3, 0.4) is 0 Å². The third-order valence-corrected chi connectivity index (χ3v) is 5.49. The first-order valence-corrected chi connectivity index (χ1v) is 10.4. The van der Waals surface area contributed by atoms with Gasteiger partial charge in [0.05, 0.1) is 18.3 Å². The van der Waals surface area contributed by atoms with E-state index in [1.165, 1.54) is 0 Å². The number of hydrogen-bond donors (Lipinski definition) is 1. The topological polar surface area (TPSA) is 58.2 Å². The van der Waals surface area contributed by atoms with Gasteiger partial charge in [-0.15, -0.1) is 0 Å². The fraction of sp³-hybridized carbons (Fsp3) is 0.304. The van der Waals surface area contributed by atoms with Crippen LogP contribution >= 0.6 is 11.6 Å². The Morgan fingerprint density at radius 3 is 2.48 bits per heavy atom. The zero-order chi connectivity index (χ0) is 20.4. The third-order valence-electron chi connectivity index (χ3n) is 5.24. The maximum Gasteiger partial charge on any atom is 0.273 e. The zero-order valence-corrected chi connectivity index (χ0v) is 17.4. The second-order valence-electron chi connectivity index (χ2n) is 7.12. The highest BCUT2D eigenvalue weighted by Crippen LogP contribution is 2.43. The van der Waals surface area contributed by atoms with E-state index in [2.05, 4.69) is 17.1 Å². The normalized spacial score (nSPS) is 15.6. The van der Waals surface area contributed by atoms with Crippen molar-refractivity contribution in [2.24, 2.45) is 0 Å². The van der Waals surface area contributed by atoms with Crippen LogP contribution in [-0.2, 0) is 0 Å². The maximum atomic E-state index is 13.2. The summed E-state index contributed by atoms with van der Waals surface area (Å²) in [6.45, 7) is 5.42. The largest absolute Gasteiger partial charge is 0.494 e. The number of nitrogens with zero attached hydrogens (tertiary/aromatic N) is 2. The van der Waals surface area contributed by atoms with Crippen LogP contribution in [0.1, 0.15) is 54.3 Å². The van der Waals surface area contributed by atoms with Gasteiger partial charge < -0.3 is 9.64 Å². The van der Waals surface area contributed by atoms with Gasteiger partial charge in [-0.1, -0.05) is 49.2 Å². The van der Waals surface area contributed by atoms with Gasteiger partial charge in [-0.3, -0.25) is 9.89 Å². The Balaban J connectivity index is 1.80. The number of hydrogen-bond acceptors (Lipinski definition) is 3. The Morgan fingerprint density at radius 2 is 1.83 bits per heavy atom. The summed E-state index contributed by atoms with van der Waals surface area (Å²) in [6, 6.07) is 15.4. The molecule has 1 aliphatic rings. The number of aromatic amines is 1. The van der Waals surface area contributed by atoms with Crippen molar-refractivity contribution in [2.75, 3.05) is 13.2 Å². The molecule has 2 heterocycles. The minimum Gasteiger partial charge on any atom is -0.494 e. The predicted octanol–water partition coefficient (Wildman–Crippen LogP) is 5.47. The van der Waals surface area contributed by atoms with Crippen LogP contribution < -0.4 is 4.74 Å². The van der Waals surface area contributed by atoms with Crippen molar-refractivity contribution in [1.82, 2.24) is 15.1 Å². The highest BCUT2D eigenvalue weighted by molar-refractivity contribution is 6.30. The van der Waals surface area contributed by atoms with Gasteiger partial charge in [-0.2, -0.15) is 5.10 Å². The molecule has 0 saturated heterocycles. The SMILES string of the molecule is CCCCN1C(=O)c2[nH]nc(-c3ccc(Cl)cc3)c2C1c1ccc(OCC)cc1.